The lowest BCUT2D eigenvalue weighted by atomic mass is 10.2. The van der Waals surface area contributed by atoms with E-state index in [-0.39, 0.29) is 0 Å². The third kappa shape index (κ3) is 4.35. The second kappa shape index (κ2) is 8.33. The average Bonchev–Trinajstić information content (AvgIpc) is 3.03. The molecule has 0 aliphatic carbocycles. The Hall–Kier alpha value is -2.70. The number of hydrogen-bond acceptors (Lipinski definition) is 4. The summed E-state index contributed by atoms with van der Waals surface area (Å²) in [5, 5.41) is 3.49. The monoisotopic (exact) mass is 369 g/mol. The Morgan fingerprint density at radius 1 is 1.22 bits per heavy atom. The van der Waals surface area contributed by atoms with E-state index >= 15 is 0 Å². The van der Waals surface area contributed by atoms with Gasteiger partial charge in [0.25, 0.3) is 0 Å². The van der Waals surface area contributed by atoms with Gasteiger partial charge in [0.15, 0.2) is 5.96 Å². The van der Waals surface area contributed by atoms with E-state index in [4.69, 9.17) is 0 Å². The molecule has 1 aromatic heterocycles. The highest BCUT2D eigenvalue weighted by Crippen LogP contribution is 2.18. The lowest BCUT2D eigenvalue weighted by molar-refractivity contribution is 0.372. The third-order valence-corrected chi connectivity index (χ3v) is 5.05. The summed E-state index contributed by atoms with van der Waals surface area (Å²) in [7, 11) is 7.91. The van der Waals surface area contributed by atoms with Gasteiger partial charge in [-0.3, -0.25) is 4.99 Å². The first-order valence-electron chi connectivity index (χ1n) is 9.44. The van der Waals surface area contributed by atoms with Crippen LogP contribution in [0.4, 0.5) is 11.6 Å². The molecule has 0 bridgehead atoms. The molecular formula is C20H31N7. The minimum absolute atomic E-state index is 0.710. The average molecular weight is 370 g/mol. The topological polar surface area (TPSA) is 51.9 Å². The van der Waals surface area contributed by atoms with E-state index in [1.165, 1.54) is 11.3 Å². The Bertz CT molecular complexity index is 785. The van der Waals surface area contributed by atoms with Gasteiger partial charge in [0.1, 0.15) is 0 Å². The van der Waals surface area contributed by atoms with Crippen molar-refractivity contribution in [3.8, 4) is 0 Å². The summed E-state index contributed by atoms with van der Waals surface area (Å²) >= 11 is 0. The molecule has 27 heavy (non-hydrogen) atoms. The zero-order valence-electron chi connectivity index (χ0n) is 17.1. The molecule has 0 saturated carbocycles. The number of nitrogens with one attached hydrogen (secondary N) is 1. The van der Waals surface area contributed by atoms with Crippen molar-refractivity contribution in [2.45, 2.75) is 13.5 Å². The van der Waals surface area contributed by atoms with Crippen LogP contribution >= 0.6 is 0 Å². The summed E-state index contributed by atoms with van der Waals surface area (Å²) in [6.07, 6.45) is 1.92. The molecule has 3 rings (SSSR count). The van der Waals surface area contributed by atoms with Crippen molar-refractivity contribution in [2.24, 2.45) is 12.0 Å². The Kier molecular flexibility index (Phi) is 5.88. The predicted molar refractivity (Wildman–Crippen MR) is 113 cm³/mol. The van der Waals surface area contributed by atoms with Gasteiger partial charge in [-0.2, -0.15) is 0 Å². The molecule has 0 atom stereocenters. The second-order valence-electron chi connectivity index (χ2n) is 7.22. The smallest absolute Gasteiger partial charge is 0.204 e. The van der Waals surface area contributed by atoms with E-state index in [0.29, 0.717) is 6.54 Å². The van der Waals surface area contributed by atoms with Gasteiger partial charge in [-0.25, -0.2) is 4.98 Å². The molecule has 0 radical (unpaired) electrons. The van der Waals surface area contributed by atoms with E-state index in [0.717, 1.165) is 43.8 Å². The highest BCUT2D eigenvalue weighted by Gasteiger charge is 2.20. The number of aliphatic imine (C=N–C) groups is 1. The summed E-state index contributed by atoms with van der Waals surface area (Å²) in [4.78, 5) is 15.7. The van der Waals surface area contributed by atoms with E-state index < -0.39 is 0 Å². The lowest BCUT2D eigenvalue weighted by Crippen LogP contribution is -2.52. The maximum Gasteiger partial charge on any atom is 0.204 e. The van der Waals surface area contributed by atoms with Crippen molar-refractivity contribution in [1.29, 1.82) is 0 Å². The number of piperazine rings is 1. The summed E-state index contributed by atoms with van der Waals surface area (Å²) < 4.78 is 2.11. The van der Waals surface area contributed by atoms with Crippen molar-refractivity contribution in [2.75, 3.05) is 57.1 Å². The normalized spacial score (nSPS) is 15.2. The van der Waals surface area contributed by atoms with Gasteiger partial charge in [-0.05, 0) is 24.6 Å². The van der Waals surface area contributed by atoms with Crippen LogP contribution in [0, 0.1) is 6.92 Å². The number of hydrogen-bond donors (Lipinski definition) is 1. The number of aryl methyl sites for hydroxylation is 1. The van der Waals surface area contributed by atoms with E-state index in [1.54, 1.807) is 0 Å². The van der Waals surface area contributed by atoms with Crippen LogP contribution in [0.25, 0.3) is 0 Å². The summed E-state index contributed by atoms with van der Waals surface area (Å²) in [5.41, 5.74) is 3.75. The van der Waals surface area contributed by atoms with Crippen molar-refractivity contribution in [1.82, 2.24) is 19.8 Å². The van der Waals surface area contributed by atoms with Gasteiger partial charge in [0.05, 0.1) is 18.4 Å². The SMILES string of the molecule is CN=C(NCc1cnc(N(C)C)n1C)N1CCN(c2cccc(C)c2)CC1. The van der Waals surface area contributed by atoms with Crippen molar-refractivity contribution >= 4 is 17.6 Å². The van der Waals surface area contributed by atoms with Crippen LogP contribution in [0.2, 0.25) is 0 Å². The van der Waals surface area contributed by atoms with E-state index in [1.807, 2.05) is 39.3 Å². The first kappa shape index (κ1) is 19.1. The molecule has 7 heteroatoms. The zero-order chi connectivity index (χ0) is 19.4. The van der Waals surface area contributed by atoms with Gasteiger partial charge in [0.2, 0.25) is 5.95 Å². The fourth-order valence-electron chi connectivity index (χ4n) is 3.52. The summed E-state index contributed by atoms with van der Waals surface area (Å²) in [6, 6.07) is 8.73. The first-order chi connectivity index (χ1) is 13.0. The van der Waals surface area contributed by atoms with Crippen LogP contribution in [-0.2, 0) is 13.6 Å². The Morgan fingerprint density at radius 2 is 1.96 bits per heavy atom. The number of nitrogens with zero attached hydrogens (tertiary/aromatic N) is 6. The van der Waals surface area contributed by atoms with Crippen LogP contribution in [0.15, 0.2) is 35.5 Å². The molecule has 2 aromatic rings. The molecular weight excluding hydrogens is 338 g/mol. The van der Waals surface area contributed by atoms with Crippen molar-refractivity contribution in [3.05, 3.63) is 41.7 Å². The predicted octanol–water partition coefficient (Wildman–Crippen LogP) is 1.69. The molecule has 2 heterocycles. The minimum atomic E-state index is 0.710. The van der Waals surface area contributed by atoms with Crippen molar-refractivity contribution < 1.29 is 0 Å². The van der Waals surface area contributed by atoms with Gasteiger partial charge in [-0.15, -0.1) is 0 Å². The van der Waals surface area contributed by atoms with Gasteiger partial charge >= 0.3 is 0 Å². The number of rotatable bonds is 4. The fourth-order valence-corrected chi connectivity index (χ4v) is 3.52. The minimum Gasteiger partial charge on any atom is -0.368 e. The molecule has 0 amide bonds. The number of benzene rings is 1. The molecule has 7 nitrogen and oxygen atoms in total. The molecule has 0 unspecified atom stereocenters. The maximum absolute atomic E-state index is 4.48. The molecule has 1 aromatic carbocycles. The lowest BCUT2D eigenvalue weighted by Gasteiger charge is -2.37. The molecule has 1 N–H and O–H groups in total. The van der Waals surface area contributed by atoms with Crippen LogP contribution < -0.4 is 15.1 Å². The Balaban J connectivity index is 1.56. The standard InChI is InChI=1S/C20H31N7/c1-16-7-6-8-17(13-16)26-9-11-27(12-10-26)19(21-2)22-14-18-15-23-20(24(3)4)25(18)5/h6-8,13,15H,9-12,14H2,1-5H3,(H,21,22). The van der Waals surface area contributed by atoms with Crippen LogP contribution in [0.1, 0.15) is 11.3 Å². The van der Waals surface area contributed by atoms with E-state index in [2.05, 4.69) is 60.8 Å². The zero-order valence-corrected chi connectivity index (χ0v) is 17.1. The maximum atomic E-state index is 4.48. The van der Waals surface area contributed by atoms with Gasteiger partial charge in [0, 0.05) is 60.1 Å². The van der Waals surface area contributed by atoms with Gasteiger partial charge in [-0.1, -0.05) is 12.1 Å². The quantitative estimate of drug-likeness (QED) is 0.657. The molecule has 1 fully saturated rings. The Morgan fingerprint density at radius 3 is 2.56 bits per heavy atom. The number of guanidine groups is 1. The second-order valence-corrected chi connectivity index (χ2v) is 7.22. The summed E-state index contributed by atoms with van der Waals surface area (Å²) in [6.45, 7) is 6.78. The number of imidazole rings is 1. The largest absolute Gasteiger partial charge is 0.368 e. The van der Waals surface area contributed by atoms with E-state index in [9.17, 15) is 0 Å². The highest BCUT2D eigenvalue weighted by atomic mass is 15.4. The van der Waals surface area contributed by atoms with Gasteiger partial charge < -0.3 is 24.6 Å². The van der Waals surface area contributed by atoms with Crippen LogP contribution in [-0.4, -0.2) is 67.7 Å². The van der Waals surface area contributed by atoms with Crippen LogP contribution in [0.3, 0.4) is 0 Å². The molecule has 1 aliphatic rings. The Labute approximate surface area is 162 Å². The number of aromatic nitrogens is 2. The van der Waals surface area contributed by atoms with Crippen LogP contribution in [0.5, 0.6) is 0 Å². The molecule has 1 saturated heterocycles. The summed E-state index contributed by atoms with van der Waals surface area (Å²) in [5.74, 6) is 1.90. The molecule has 146 valence electrons. The number of anilines is 2. The molecule has 1 aliphatic heterocycles. The molecule has 0 spiro atoms. The first-order valence-corrected chi connectivity index (χ1v) is 9.44. The van der Waals surface area contributed by atoms with Crippen molar-refractivity contribution in [3.63, 3.8) is 0 Å². The third-order valence-electron chi connectivity index (χ3n) is 5.05. The fraction of sp³-hybridized carbons (Fsp3) is 0.500. The highest BCUT2D eigenvalue weighted by molar-refractivity contribution is 5.80.